The van der Waals surface area contributed by atoms with Crippen LogP contribution in [-0.4, -0.2) is 19.5 Å². The van der Waals surface area contributed by atoms with Crippen molar-refractivity contribution < 1.29 is 4.42 Å². The molecule has 0 N–H and O–H groups in total. The summed E-state index contributed by atoms with van der Waals surface area (Å²) in [5.74, 6) is 1.81. The normalized spacial score (nSPS) is 11.6. The second-order valence-corrected chi connectivity index (χ2v) is 14.0. The number of fused-ring (bicyclic) bond motifs is 6. The van der Waals surface area contributed by atoms with Crippen LogP contribution in [0.2, 0.25) is 0 Å². The maximum Gasteiger partial charge on any atom is 0.166 e. The minimum absolute atomic E-state index is 0.597. The van der Waals surface area contributed by atoms with E-state index in [0.717, 1.165) is 77.6 Å². The van der Waals surface area contributed by atoms with Crippen LogP contribution in [-0.2, 0) is 0 Å². The highest BCUT2D eigenvalue weighted by Crippen LogP contribution is 2.39. The fraction of sp³-hybridized carbons (Fsp3) is 0. The van der Waals surface area contributed by atoms with E-state index in [1.54, 1.807) is 0 Å². The van der Waals surface area contributed by atoms with Gasteiger partial charge in [-0.25, -0.2) is 15.0 Å². The Morgan fingerprint density at radius 3 is 1.59 bits per heavy atom. The molecule has 0 saturated heterocycles. The molecule has 11 rings (SSSR count). The Morgan fingerprint density at radius 1 is 0.321 bits per heavy atom. The predicted molar refractivity (Wildman–Crippen MR) is 229 cm³/mol. The Labute approximate surface area is 322 Å². The second-order valence-electron chi connectivity index (χ2n) is 14.0. The molecule has 3 aromatic heterocycles. The zero-order chi connectivity index (χ0) is 37.0. The van der Waals surface area contributed by atoms with Crippen LogP contribution >= 0.6 is 0 Å². The highest BCUT2D eigenvalue weighted by molar-refractivity contribution is 6.10. The fourth-order valence-corrected chi connectivity index (χ4v) is 7.98. The van der Waals surface area contributed by atoms with Gasteiger partial charge in [0.1, 0.15) is 11.2 Å². The zero-order valence-corrected chi connectivity index (χ0v) is 30.2. The van der Waals surface area contributed by atoms with Gasteiger partial charge in [-0.15, -0.1) is 0 Å². The number of nitrogens with zero attached hydrogens (tertiary/aromatic N) is 4. The molecule has 0 bridgehead atoms. The summed E-state index contributed by atoms with van der Waals surface area (Å²) in [6.45, 7) is 0. The lowest BCUT2D eigenvalue weighted by atomic mass is 10.0. The van der Waals surface area contributed by atoms with Gasteiger partial charge in [-0.2, -0.15) is 0 Å². The van der Waals surface area contributed by atoms with E-state index in [-0.39, 0.29) is 0 Å². The van der Waals surface area contributed by atoms with Gasteiger partial charge in [0, 0.05) is 38.2 Å². The summed E-state index contributed by atoms with van der Waals surface area (Å²) in [6, 6.07) is 67.5. The maximum absolute atomic E-state index is 6.26. The van der Waals surface area contributed by atoms with Gasteiger partial charge in [0.05, 0.1) is 16.7 Å². The summed E-state index contributed by atoms with van der Waals surface area (Å²) in [7, 11) is 0. The maximum atomic E-state index is 6.26. The van der Waals surface area contributed by atoms with Crippen molar-refractivity contribution in [3.63, 3.8) is 0 Å². The van der Waals surface area contributed by atoms with Crippen LogP contribution in [0.1, 0.15) is 0 Å². The van der Waals surface area contributed by atoms with Crippen molar-refractivity contribution in [3.05, 3.63) is 194 Å². The van der Waals surface area contributed by atoms with Crippen molar-refractivity contribution in [2.45, 2.75) is 0 Å². The number of hydrogen-bond acceptors (Lipinski definition) is 4. The Kier molecular flexibility index (Phi) is 7.42. The molecule has 0 atom stereocenters. The molecule has 262 valence electrons. The summed E-state index contributed by atoms with van der Waals surface area (Å²) in [5.41, 5.74) is 12.0. The molecule has 3 heterocycles. The van der Waals surface area contributed by atoms with E-state index in [0.29, 0.717) is 17.5 Å². The van der Waals surface area contributed by atoms with E-state index in [1.165, 1.54) is 10.8 Å². The molecule has 0 radical (unpaired) electrons. The van der Waals surface area contributed by atoms with E-state index in [4.69, 9.17) is 19.4 Å². The number of aromatic nitrogens is 4. The van der Waals surface area contributed by atoms with Crippen molar-refractivity contribution >= 4 is 43.7 Å². The molecule has 8 aromatic carbocycles. The smallest absolute Gasteiger partial charge is 0.166 e. The van der Waals surface area contributed by atoms with Gasteiger partial charge in [-0.3, -0.25) is 0 Å². The lowest BCUT2D eigenvalue weighted by Gasteiger charge is -2.16. The summed E-state index contributed by atoms with van der Waals surface area (Å²) >= 11 is 0. The SMILES string of the molecule is c1ccc(-c2ccc(-c3nc(-c4ccccc4)nc(-c4cccc(-c5ccc6c(c5)oc5ccccc56)c4)n3)c(-n3c4ccccc4c4ccccc43)c2)cc1. The van der Waals surface area contributed by atoms with E-state index in [2.05, 4.69) is 150 Å². The topological polar surface area (TPSA) is 56.7 Å². The van der Waals surface area contributed by atoms with E-state index in [9.17, 15) is 0 Å². The minimum Gasteiger partial charge on any atom is -0.456 e. The Bertz CT molecular complexity index is 3200. The summed E-state index contributed by atoms with van der Waals surface area (Å²) in [4.78, 5) is 15.6. The molecule has 0 fully saturated rings. The van der Waals surface area contributed by atoms with Crippen molar-refractivity contribution in [1.82, 2.24) is 19.5 Å². The minimum atomic E-state index is 0.597. The quantitative estimate of drug-likeness (QED) is 0.172. The van der Waals surface area contributed by atoms with Crippen molar-refractivity contribution in [2.75, 3.05) is 0 Å². The highest BCUT2D eigenvalue weighted by Gasteiger charge is 2.20. The third kappa shape index (κ3) is 5.37. The standard InChI is InChI=1S/C51H32N4O/c1-3-14-33(15-4-1)36-27-29-43(46(31-36)55-44-23-10-7-20-39(44)40-21-8-11-24-45(40)55)51-53-49(34-16-5-2-6-17-34)52-50(54-51)38-19-13-18-35(30-38)37-26-28-42-41-22-9-12-25-47(41)56-48(42)32-37/h1-32H. The van der Waals surface area contributed by atoms with Gasteiger partial charge >= 0.3 is 0 Å². The Balaban J connectivity index is 1.13. The van der Waals surface area contributed by atoms with Crippen LogP contribution in [0.4, 0.5) is 0 Å². The first-order valence-corrected chi connectivity index (χ1v) is 18.8. The molecule has 5 nitrogen and oxygen atoms in total. The lowest BCUT2D eigenvalue weighted by molar-refractivity contribution is 0.669. The van der Waals surface area contributed by atoms with Crippen molar-refractivity contribution in [2.24, 2.45) is 0 Å². The van der Waals surface area contributed by atoms with Crippen molar-refractivity contribution in [3.8, 4) is 62.1 Å². The van der Waals surface area contributed by atoms with Crippen LogP contribution in [0.15, 0.2) is 199 Å². The van der Waals surface area contributed by atoms with Crippen LogP contribution in [0.5, 0.6) is 0 Å². The van der Waals surface area contributed by atoms with Crippen molar-refractivity contribution in [1.29, 1.82) is 0 Å². The summed E-state index contributed by atoms with van der Waals surface area (Å²) in [6.07, 6.45) is 0. The first-order valence-electron chi connectivity index (χ1n) is 18.8. The number of benzene rings is 8. The van der Waals surface area contributed by atoms with E-state index < -0.39 is 0 Å². The van der Waals surface area contributed by atoms with Gasteiger partial charge in [0.25, 0.3) is 0 Å². The molecule has 0 saturated carbocycles. The molecular formula is C51H32N4O. The molecule has 0 amide bonds. The highest BCUT2D eigenvalue weighted by atomic mass is 16.3. The fourth-order valence-electron chi connectivity index (χ4n) is 7.98. The first-order chi connectivity index (χ1) is 27.7. The third-order valence-corrected chi connectivity index (χ3v) is 10.7. The molecular weight excluding hydrogens is 685 g/mol. The molecule has 0 unspecified atom stereocenters. The molecule has 0 aliphatic heterocycles. The van der Waals surface area contributed by atoms with Crippen LogP contribution < -0.4 is 0 Å². The molecule has 56 heavy (non-hydrogen) atoms. The molecule has 11 aromatic rings. The van der Waals surface area contributed by atoms with Gasteiger partial charge in [0.15, 0.2) is 17.5 Å². The van der Waals surface area contributed by atoms with Gasteiger partial charge in [-0.05, 0) is 70.8 Å². The van der Waals surface area contributed by atoms with Crippen LogP contribution in [0, 0.1) is 0 Å². The Morgan fingerprint density at radius 2 is 0.839 bits per heavy atom. The monoisotopic (exact) mass is 716 g/mol. The second kappa shape index (κ2) is 13.0. The number of rotatable bonds is 6. The molecule has 0 aliphatic carbocycles. The molecule has 0 aliphatic rings. The molecule has 0 spiro atoms. The van der Waals surface area contributed by atoms with Crippen LogP contribution in [0.3, 0.4) is 0 Å². The number of para-hydroxylation sites is 3. The van der Waals surface area contributed by atoms with Crippen LogP contribution in [0.25, 0.3) is 106 Å². The third-order valence-electron chi connectivity index (χ3n) is 10.7. The Hall–Kier alpha value is -7.63. The number of hydrogen-bond donors (Lipinski definition) is 0. The predicted octanol–water partition coefficient (Wildman–Crippen LogP) is 13.2. The van der Waals surface area contributed by atoms with Gasteiger partial charge in [0.2, 0.25) is 0 Å². The van der Waals surface area contributed by atoms with Gasteiger partial charge in [-0.1, -0.05) is 146 Å². The van der Waals surface area contributed by atoms with E-state index in [1.807, 2.05) is 48.5 Å². The van der Waals surface area contributed by atoms with E-state index >= 15 is 0 Å². The summed E-state index contributed by atoms with van der Waals surface area (Å²) < 4.78 is 8.61. The average Bonchev–Trinajstić information content (AvgIpc) is 3.82. The number of furan rings is 1. The molecule has 5 heteroatoms. The van der Waals surface area contributed by atoms with Gasteiger partial charge < -0.3 is 8.98 Å². The average molecular weight is 717 g/mol. The lowest BCUT2D eigenvalue weighted by Crippen LogP contribution is -2.04. The first kappa shape index (κ1) is 31.9. The zero-order valence-electron chi connectivity index (χ0n) is 30.2. The summed E-state index contributed by atoms with van der Waals surface area (Å²) in [5, 5.41) is 4.61. The largest absolute Gasteiger partial charge is 0.456 e.